The highest BCUT2D eigenvalue weighted by Gasteiger charge is 2.22. The molecule has 0 spiro atoms. The summed E-state index contributed by atoms with van der Waals surface area (Å²) >= 11 is 3.63. The topological polar surface area (TPSA) is 44.4 Å². The summed E-state index contributed by atoms with van der Waals surface area (Å²) in [6, 6.07) is 19.2. The van der Waals surface area contributed by atoms with Gasteiger partial charge in [-0.25, -0.2) is 0 Å². The molecule has 2 N–H and O–H groups in total. The number of anilines is 3. The molecule has 1 aliphatic rings. The van der Waals surface area contributed by atoms with E-state index in [2.05, 4.69) is 85.2 Å². The number of carbonyl (C=O) groups excluding carboxylic acids is 1. The summed E-state index contributed by atoms with van der Waals surface area (Å²) in [5.41, 5.74) is 8.10. The van der Waals surface area contributed by atoms with Gasteiger partial charge in [0.25, 0.3) is 0 Å². The molecule has 2 heterocycles. The van der Waals surface area contributed by atoms with Crippen LogP contribution in [-0.2, 0) is 11.2 Å². The molecule has 0 radical (unpaired) electrons. The van der Waals surface area contributed by atoms with Gasteiger partial charge < -0.3 is 5.32 Å². The van der Waals surface area contributed by atoms with Gasteiger partial charge in [-0.1, -0.05) is 62.4 Å². The average Bonchev–Trinajstić information content (AvgIpc) is 3.21. The molecule has 2 aromatic carbocycles. The fourth-order valence-corrected chi connectivity index (χ4v) is 6.43. The number of rotatable bonds is 8. The monoisotopic (exact) mass is 477 g/mol. The van der Waals surface area contributed by atoms with Crippen molar-refractivity contribution in [2.24, 2.45) is 0 Å². The molecule has 4 rings (SSSR count). The average molecular weight is 478 g/mol. The zero-order valence-corrected chi connectivity index (χ0v) is 21.3. The predicted octanol–water partition coefficient (Wildman–Crippen LogP) is 7.76. The molecule has 0 saturated carbocycles. The number of carbonyl (C=O) groups is 1. The summed E-state index contributed by atoms with van der Waals surface area (Å²) < 4.78 is 0. The molecule has 3 aromatic rings. The smallest absolute Gasteiger partial charge is 0.221 e. The number of hydrogen-bond acceptors (Lipinski definition) is 5. The van der Waals surface area contributed by atoms with E-state index < -0.39 is 0 Å². The maximum Gasteiger partial charge on any atom is 0.221 e. The summed E-state index contributed by atoms with van der Waals surface area (Å²) in [7, 11) is 2.07. The molecule has 6 heteroatoms. The molecule has 0 aliphatic carbocycles. The number of aryl methyl sites for hydroxylation is 1. The molecule has 172 valence electrons. The number of fused-ring (bicyclic) bond motifs is 1. The van der Waals surface area contributed by atoms with Gasteiger partial charge in [0.05, 0.1) is 5.69 Å². The third-order valence-corrected chi connectivity index (χ3v) is 8.19. The zero-order chi connectivity index (χ0) is 23.4. The molecule has 1 aliphatic heterocycles. The number of benzene rings is 2. The van der Waals surface area contributed by atoms with Crippen molar-refractivity contribution in [1.82, 2.24) is 0 Å². The second-order valence-electron chi connectivity index (χ2n) is 8.46. The molecule has 1 amide bonds. The Balaban J connectivity index is 1.43. The van der Waals surface area contributed by atoms with Crippen LogP contribution in [0.15, 0.2) is 65.6 Å². The Bertz CT molecular complexity index is 1130. The van der Waals surface area contributed by atoms with Gasteiger partial charge in [0.2, 0.25) is 5.91 Å². The predicted molar refractivity (Wildman–Crippen MR) is 144 cm³/mol. The lowest BCUT2D eigenvalue weighted by atomic mass is 10.1. The lowest BCUT2D eigenvalue weighted by Crippen LogP contribution is -2.23. The van der Waals surface area contributed by atoms with Crippen molar-refractivity contribution in [1.29, 1.82) is 0 Å². The van der Waals surface area contributed by atoms with E-state index >= 15 is 0 Å². The van der Waals surface area contributed by atoms with Crippen LogP contribution in [0.25, 0.3) is 4.91 Å². The van der Waals surface area contributed by atoms with Gasteiger partial charge in [-0.15, -0.1) is 11.3 Å². The van der Waals surface area contributed by atoms with Crippen LogP contribution in [0.2, 0.25) is 0 Å². The number of allylic oxidation sites excluding steroid dienone is 1. The number of unbranched alkanes of at least 4 members (excludes halogenated alkanes) is 1. The molecule has 33 heavy (non-hydrogen) atoms. The van der Waals surface area contributed by atoms with Crippen LogP contribution < -0.4 is 15.8 Å². The summed E-state index contributed by atoms with van der Waals surface area (Å²) in [5, 5.41) is 6.06. The lowest BCUT2D eigenvalue weighted by molar-refractivity contribution is -0.114. The quantitative estimate of drug-likeness (QED) is 0.325. The maximum atomic E-state index is 11.3. The first kappa shape index (κ1) is 23.5. The second-order valence-corrected chi connectivity index (χ2v) is 10.6. The molecule has 1 aromatic heterocycles. The van der Waals surface area contributed by atoms with E-state index in [0.29, 0.717) is 5.92 Å². The minimum Gasteiger partial charge on any atom is -0.326 e. The Morgan fingerprint density at radius 1 is 1.09 bits per heavy atom. The Labute approximate surface area is 205 Å². The van der Waals surface area contributed by atoms with Crippen LogP contribution in [0.3, 0.4) is 0 Å². The van der Waals surface area contributed by atoms with Crippen LogP contribution >= 0.6 is 23.1 Å². The number of thioether (sulfide) groups is 1. The summed E-state index contributed by atoms with van der Waals surface area (Å²) in [6.07, 6.45) is 5.94. The third kappa shape index (κ3) is 5.81. The van der Waals surface area contributed by atoms with Crippen molar-refractivity contribution in [3.63, 3.8) is 0 Å². The highest BCUT2D eigenvalue weighted by atomic mass is 32.2. The van der Waals surface area contributed by atoms with E-state index in [1.54, 1.807) is 0 Å². The first-order valence-corrected chi connectivity index (χ1v) is 13.1. The van der Waals surface area contributed by atoms with Crippen LogP contribution in [0.4, 0.5) is 16.4 Å². The van der Waals surface area contributed by atoms with Crippen LogP contribution in [0.5, 0.6) is 0 Å². The van der Waals surface area contributed by atoms with Gasteiger partial charge >= 0.3 is 0 Å². The SMILES string of the molecule is CCCCc1ccc(N(C)Nc2cc3c(s2)[C@H](C)C=C(c2ccc(NC(C)=O)cc2)S3)cc1. The van der Waals surface area contributed by atoms with E-state index in [1.807, 2.05) is 35.2 Å². The fraction of sp³-hybridized carbons (Fsp3) is 0.296. The lowest BCUT2D eigenvalue weighted by Gasteiger charge is -2.20. The van der Waals surface area contributed by atoms with Gasteiger partial charge in [-0.2, -0.15) is 0 Å². The second kappa shape index (κ2) is 10.5. The molecule has 0 unspecified atom stereocenters. The number of hydrazine groups is 1. The van der Waals surface area contributed by atoms with E-state index in [1.165, 1.54) is 45.6 Å². The zero-order valence-electron chi connectivity index (χ0n) is 19.6. The molecule has 0 saturated heterocycles. The number of nitrogens with zero attached hydrogens (tertiary/aromatic N) is 1. The first-order chi connectivity index (χ1) is 15.9. The van der Waals surface area contributed by atoms with Crippen LogP contribution in [0.1, 0.15) is 55.5 Å². The minimum absolute atomic E-state index is 0.0528. The van der Waals surface area contributed by atoms with Crippen molar-refractivity contribution in [3.8, 4) is 0 Å². The van der Waals surface area contributed by atoms with E-state index in [-0.39, 0.29) is 5.91 Å². The maximum absolute atomic E-state index is 11.3. The molecule has 0 fully saturated rings. The number of nitrogens with one attached hydrogen (secondary N) is 2. The Kier molecular flexibility index (Phi) is 7.46. The van der Waals surface area contributed by atoms with Crippen molar-refractivity contribution >= 4 is 50.3 Å². The number of hydrogen-bond donors (Lipinski definition) is 2. The van der Waals surface area contributed by atoms with Gasteiger partial charge in [-0.3, -0.25) is 15.2 Å². The Morgan fingerprint density at radius 3 is 2.48 bits per heavy atom. The molecule has 1 atom stereocenters. The van der Waals surface area contributed by atoms with E-state index in [0.717, 1.165) is 22.8 Å². The summed E-state index contributed by atoms with van der Waals surface area (Å²) in [5.74, 6) is 0.304. The van der Waals surface area contributed by atoms with Crippen molar-refractivity contribution in [3.05, 3.63) is 76.7 Å². The summed E-state index contributed by atoms with van der Waals surface area (Å²) in [4.78, 5) is 15.2. The van der Waals surface area contributed by atoms with Crippen LogP contribution in [0, 0.1) is 0 Å². The van der Waals surface area contributed by atoms with Gasteiger partial charge in [0, 0.05) is 40.3 Å². The fourth-order valence-electron chi connectivity index (χ4n) is 3.87. The first-order valence-electron chi connectivity index (χ1n) is 11.4. The van der Waals surface area contributed by atoms with Crippen molar-refractivity contribution in [2.45, 2.75) is 50.8 Å². The van der Waals surface area contributed by atoms with Crippen LogP contribution in [-0.4, -0.2) is 13.0 Å². The van der Waals surface area contributed by atoms with Gasteiger partial charge in [-0.05, 0) is 54.3 Å². The molecular weight excluding hydrogens is 446 g/mol. The van der Waals surface area contributed by atoms with E-state index in [4.69, 9.17) is 0 Å². The van der Waals surface area contributed by atoms with Crippen molar-refractivity contribution < 1.29 is 4.79 Å². The van der Waals surface area contributed by atoms with Crippen molar-refractivity contribution in [2.75, 3.05) is 22.8 Å². The largest absolute Gasteiger partial charge is 0.326 e. The Hall–Kier alpha value is -2.70. The molecule has 4 nitrogen and oxygen atoms in total. The third-order valence-electron chi connectivity index (χ3n) is 5.67. The number of amides is 1. The highest BCUT2D eigenvalue weighted by Crippen LogP contribution is 2.49. The molecule has 0 bridgehead atoms. The molecular formula is C27H31N3OS2. The minimum atomic E-state index is -0.0528. The van der Waals surface area contributed by atoms with Gasteiger partial charge in [0.15, 0.2) is 0 Å². The normalized spacial score (nSPS) is 14.9. The standard InChI is InChI=1S/C27H31N3OS2/c1-5-6-7-20-8-14-23(15-9-20)30(4)29-26-17-25-27(33-26)18(2)16-24(32-25)21-10-12-22(13-11-21)28-19(3)31/h8-18,29H,5-7H2,1-4H3,(H,28,31)/t18-/m1/s1. The number of thiophene rings is 1. The summed E-state index contributed by atoms with van der Waals surface area (Å²) in [6.45, 7) is 6.01. The highest BCUT2D eigenvalue weighted by molar-refractivity contribution is 8.08. The van der Waals surface area contributed by atoms with Gasteiger partial charge in [0.1, 0.15) is 5.00 Å². The van der Waals surface area contributed by atoms with E-state index in [9.17, 15) is 4.79 Å². The Morgan fingerprint density at radius 2 is 1.82 bits per heavy atom.